The minimum atomic E-state index is -1.11. The van der Waals surface area contributed by atoms with Crippen molar-refractivity contribution >= 4 is 29.8 Å². The lowest BCUT2D eigenvalue weighted by molar-refractivity contribution is -0.139. The number of nitrogens with one attached hydrogen (secondary N) is 2. The highest BCUT2D eigenvalue weighted by Crippen LogP contribution is 2.12. The van der Waals surface area contributed by atoms with Crippen LogP contribution < -0.4 is 33.6 Å². The smallest absolute Gasteiger partial charge is 0.320 e. The third-order valence-corrected chi connectivity index (χ3v) is 7.65. The number of aliphatic carboxylic acids is 4. The van der Waals surface area contributed by atoms with Gasteiger partial charge in [0.1, 0.15) is 18.1 Å². The quantitative estimate of drug-likeness (QED) is 0.0549. The van der Waals surface area contributed by atoms with E-state index in [0.29, 0.717) is 13.0 Å². The van der Waals surface area contributed by atoms with Gasteiger partial charge < -0.3 is 54.0 Å². The zero-order chi connectivity index (χ0) is 37.7. The Balaban J connectivity index is -0.000000631. The summed E-state index contributed by atoms with van der Waals surface area (Å²) >= 11 is 0. The van der Waals surface area contributed by atoms with Gasteiger partial charge in [0, 0.05) is 6.42 Å². The van der Waals surface area contributed by atoms with Crippen LogP contribution in [-0.2, 0) is 24.0 Å². The van der Waals surface area contributed by atoms with Gasteiger partial charge in [0.2, 0.25) is 5.91 Å². The predicted molar refractivity (Wildman–Crippen MR) is 192 cm³/mol. The van der Waals surface area contributed by atoms with Gasteiger partial charge in [0.05, 0.1) is 6.54 Å². The van der Waals surface area contributed by atoms with Crippen molar-refractivity contribution < 1.29 is 44.4 Å². The first-order valence-corrected chi connectivity index (χ1v) is 18.1. The molecule has 49 heavy (non-hydrogen) atoms. The number of amides is 1. The van der Waals surface area contributed by atoms with Crippen LogP contribution in [-0.4, -0.2) is 94.5 Å². The van der Waals surface area contributed by atoms with Crippen molar-refractivity contribution in [3.8, 4) is 0 Å². The molecule has 0 saturated carbocycles. The van der Waals surface area contributed by atoms with E-state index in [4.69, 9.17) is 43.4 Å². The number of carbonyl (C=O) groups excluding carboxylic acids is 1. The molecule has 1 aliphatic heterocycles. The highest BCUT2D eigenvalue weighted by molar-refractivity contribution is 5.77. The Labute approximate surface area is 293 Å². The molecule has 0 unspecified atom stereocenters. The molecule has 1 amide bonds. The summed E-state index contributed by atoms with van der Waals surface area (Å²) in [7, 11) is 0. The lowest BCUT2D eigenvalue weighted by Crippen LogP contribution is -2.31. The Kier molecular flexibility index (Phi) is 39.1. The normalized spacial score (nSPS) is 14.5. The number of unbranched alkanes of at least 4 members (excludes halogenated alkanes) is 14. The van der Waals surface area contributed by atoms with E-state index in [-0.39, 0.29) is 25.4 Å². The minimum absolute atomic E-state index is 0.0213. The van der Waals surface area contributed by atoms with E-state index in [1.54, 1.807) is 0 Å². The van der Waals surface area contributed by atoms with Crippen molar-refractivity contribution in [3.63, 3.8) is 0 Å². The van der Waals surface area contributed by atoms with Gasteiger partial charge in [-0.2, -0.15) is 0 Å². The maximum Gasteiger partial charge on any atom is 0.320 e. The Morgan fingerprint density at radius 2 is 1.18 bits per heavy atom. The standard InChI is InChI=1S/C18H37NO2.C6H14N2O2.C5H10N2O3.C5H9NO2/c1-2-3-4-5-6-7-8-9-10-11-12-13-14-15-16-19-17-18(20)21;7-4-2-1-3-5(8)6(9)10;6-3(5(9)10)1-2-4(7)8;7-5(8)4-2-1-3-6-4/h19H,2-17H2,1H3,(H,20,21);5H,1-4,7-8H2,(H,9,10);3H,1-2,6H2,(H2,7,8)(H,9,10);4,6H,1-3H2,(H,7,8)/t;5-;3-;4-/m.000/s1. The molecule has 1 rings (SSSR count). The molecule has 0 spiro atoms. The van der Waals surface area contributed by atoms with E-state index < -0.39 is 41.9 Å². The molecule has 0 radical (unpaired) electrons. The topological polar surface area (TPSA) is 294 Å². The van der Waals surface area contributed by atoms with Crippen LogP contribution in [0.15, 0.2) is 0 Å². The Bertz CT molecular complexity index is 830. The monoisotopic (exact) mass is 707 g/mol. The molecule has 0 aromatic carbocycles. The van der Waals surface area contributed by atoms with Gasteiger partial charge in [-0.1, -0.05) is 96.8 Å². The van der Waals surface area contributed by atoms with Crippen molar-refractivity contribution in [2.24, 2.45) is 22.9 Å². The van der Waals surface area contributed by atoms with Crippen LogP contribution in [0.1, 0.15) is 142 Å². The molecule has 0 aliphatic carbocycles. The van der Waals surface area contributed by atoms with Crippen LogP contribution in [0.25, 0.3) is 0 Å². The van der Waals surface area contributed by atoms with E-state index in [9.17, 15) is 24.0 Å². The van der Waals surface area contributed by atoms with Crippen molar-refractivity contribution in [1.29, 1.82) is 0 Å². The molecule has 0 aromatic heterocycles. The summed E-state index contributed by atoms with van der Waals surface area (Å²) in [6.45, 7) is 4.67. The lowest BCUT2D eigenvalue weighted by Gasteiger charge is -2.03. The third-order valence-electron chi connectivity index (χ3n) is 7.65. The van der Waals surface area contributed by atoms with Crippen LogP contribution in [0.2, 0.25) is 0 Å². The second kappa shape index (κ2) is 38.0. The highest BCUT2D eigenvalue weighted by atomic mass is 16.4. The van der Waals surface area contributed by atoms with E-state index in [0.717, 1.165) is 45.2 Å². The Hall–Kier alpha value is -2.85. The summed E-state index contributed by atoms with van der Waals surface area (Å²) in [6.07, 6.45) is 23.1. The maximum atomic E-state index is 10.3. The van der Waals surface area contributed by atoms with Gasteiger partial charge in [-0.05, 0) is 58.2 Å². The van der Waals surface area contributed by atoms with E-state index in [1.165, 1.54) is 83.5 Å². The number of carbonyl (C=O) groups is 5. The fourth-order valence-electron chi connectivity index (χ4n) is 4.59. The number of nitrogens with two attached hydrogens (primary N) is 4. The summed E-state index contributed by atoms with van der Waals surface area (Å²) in [5.41, 5.74) is 20.2. The fourth-order valence-corrected chi connectivity index (χ4v) is 4.59. The first-order chi connectivity index (χ1) is 23.3. The average Bonchev–Trinajstić information content (AvgIpc) is 3.60. The molecule has 1 fully saturated rings. The second-order valence-electron chi connectivity index (χ2n) is 12.3. The number of primary amides is 1. The van der Waals surface area contributed by atoms with Gasteiger partial charge in [-0.15, -0.1) is 0 Å². The lowest BCUT2D eigenvalue weighted by atomic mass is 10.0. The predicted octanol–water partition coefficient (Wildman–Crippen LogP) is 3.16. The molecule has 15 nitrogen and oxygen atoms in total. The first-order valence-electron chi connectivity index (χ1n) is 18.1. The van der Waals surface area contributed by atoms with Crippen molar-refractivity contribution in [2.45, 2.75) is 160 Å². The van der Waals surface area contributed by atoms with Crippen LogP contribution in [0.5, 0.6) is 0 Å². The summed E-state index contributed by atoms with van der Waals surface area (Å²) in [4.78, 5) is 50.7. The van der Waals surface area contributed by atoms with Crippen molar-refractivity contribution in [2.75, 3.05) is 26.2 Å². The third kappa shape index (κ3) is 43.1. The number of carboxylic acid groups (broad SMARTS) is 4. The van der Waals surface area contributed by atoms with Gasteiger partial charge in [-0.3, -0.25) is 24.0 Å². The van der Waals surface area contributed by atoms with Crippen molar-refractivity contribution in [1.82, 2.24) is 10.6 Å². The van der Waals surface area contributed by atoms with E-state index in [1.807, 2.05) is 0 Å². The highest BCUT2D eigenvalue weighted by Gasteiger charge is 2.20. The molecular weight excluding hydrogens is 636 g/mol. The van der Waals surface area contributed by atoms with E-state index in [2.05, 4.69) is 17.6 Å². The van der Waals surface area contributed by atoms with E-state index >= 15 is 0 Å². The summed E-state index contributed by atoms with van der Waals surface area (Å²) in [5, 5.41) is 39.1. The molecule has 15 heteroatoms. The largest absolute Gasteiger partial charge is 0.480 e. The van der Waals surface area contributed by atoms with Gasteiger partial charge in [0.25, 0.3) is 0 Å². The molecule has 1 aliphatic rings. The maximum absolute atomic E-state index is 10.3. The zero-order valence-corrected chi connectivity index (χ0v) is 30.0. The molecule has 0 aromatic rings. The average molecular weight is 707 g/mol. The summed E-state index contributed by atoms with van der Waals surface area (Å²) < 4.78 is 0. The molecule has 3 atom stereocenters. The molecule has 14 N–H and O–H groups in total. The zero-order valence-electron chi connectivity index (χ0n) is 30.0. The molecule has 0 bridgehead atoms. The Morgan fingerprint density at radius 3 is 1.53 bits per heavy atom. The van der Waals surface area contributed by atoms with Gasteiger partial charge >= 0.3 is 23.9 Å². The number of rotatable bonds is 27. The SMILES string of the molecule is CCCCCCCCCCCCCCCCNCC(=O)O.NC(=O)CC[C@H](N)C(=O)O.NCCCC[C@H](N)C(=O)O.O=C(O)[C@@H]1CCCN1. The summed E-state index contributed by atoms with van der Waals surface area (Å²) in [5.74, 6) is -4.06. The van der Waals surface area contributed by atoms with Crippen LogP contribution >= 0.6 is 0 Å². The van der Waals surface area contributed by atoms with Crippen LogP contribution in [0.3, 0.4) is 0 Å². The van der Waals surface area contributed by atoms with Crippen LogP contribution in [0.4, 0.5) is 0 Å². The van der Waals surface area contributed by atoms with Gasteiger partial charge in [0.15, 0.2) is 0 Å². The molecule has 290 valence electrons. The number of carboxylic acids is 4. The summed E-state index contributed by atoms with van der Waals surface area (Å²) in [6, 6.07) is -1.96. The second-order valence-corrected chi connectivity index (χ2v) is 12.3. The Morgan fingerprint density at radius 1 is 0.714 bits per heavy atom. The number of hydrogen-bond acceptors (Lipinski definition) is 10. The minimum Gasteiger partial charge on any atom is -0.480 e. The first kappa shape index (κ1) is 50.5. The molecule has 1 saturated heterocycles. The van der Waals surface area contributed by atoms with Gasteiger partial charge in [-0.25, -0.2) is 0 Å². The van der Waals surface area contributed by atoms with Crippen molar-refractivity contribution in [3.05, 3.63) is 0 Å². The number of hydrogen-bond donors (Lipinski definition) is 10. The fraction of sp³-hybridized carbons (Fsp3) is 0.853. The molecule has 1 heterocycles. The molecular formula is C34H70N6O9. The van der Waals surface area contributed by atoms with Crippen LogP contribution in [0, 0.1) is 0 Å².